The van der Waals surface area contributed by atoms with E-state index in [9.17, 15) is 9.59 Å². The molecule has 0 atom stereocenters. The van der Waals surface area contributed by atoms with Gasteiger partial charge in [-0.1, -0.05) is 60.7 Å². The highest BCUT2D eigenvalue weighted by atomic mass is 16.5. The van der Waals surface area contributed by atoms with Crippen LogP contribution in [0.5, 0.6) is 0 Å². The molecule has 4 nitrogen and oxygen atoms in total. The Bertz CT molecular complexity index is 897. The van der Waals surface area contributed by atoms with Crippen LogP contribution < -0.4 is 5.32 Å². The fourth-order valence-electron chi connectivity index (χ4n) is 3.04. The fraction of sp³-hybridized carbons (Fsp3) is 0.130. The Morgan fingerprint density at radius 2 is 1.41 bits per heavy atom. The number of nitrogens with one attached hydrogen (secondary N) is 1. The lowest BCUT2D eigenvalue weighted by Crippen LogP contribution is -2.22. The molecule has 0 aliphatic carbocycles. The molecule has 3 rings (SSSR count). The number of methoxy groups -OCH3 is 1. The third kappa shape index (κ3) is 4.23. The van der Waals surface area contributed by atoms with Crippen molar-refractivity contribution < 1.29 is 14.3 Å². The molecule has 136 valence electrons. The standard InChI is InChI=1S/C23H21NO3/c1-16-15-19(23(26)27-2)13-14-20(16)24-22(25)21(17-9-5-3-6-10-17)18-11-7-4-8-12-18/h3-15,21H,1-2H3,(H,24,25). The summed E-state index contributed by atoms with van der Waals surface area (Å²) in [5.41, 5.74) is 3.77. The molecule has 4 heteroatoms. The third-order valence-electron chi connectivity index (χ3n) is 4.43. The molecule has 0 heterocycles. The van der Waals surface area contributed by atoms with Crippen molar-refractivity contribution in [3.8, 4) is 0 Å². The summed E-state index contributed by atoms with van der Waals surface area (Å²) in [5.74, 6) is -0.948. The maximum Gasteiger partial charge on any atom is 0.337 e. The van der Waals surface area contributed by atoms with E-state index >= 15 is 0 Å². The number of rotatable bonds is 5. The number of anilines is 1. The van der Waals surface area contributed by atoms with Gasteiger partial charge in [0.15, 0.2) is 0 Å². The van der Waals surface area contributed by atoms with Gasteiger partial charge < -0.3 is 10.1 Å². The zero-order valence-corrected chi connectivity index (χ0v) is 15.3. The van der Waals surface area contributed by atoms with Crippen LogP contribution in [0.15, 0.2) is 78.9 Å². The Labute approximate surface area is 158 Å². The molecule has 0 unspecified atom stereocenters. The maximum atomic E-state index is 13.1. The SMILES string of the molecule is COC(=O)c1ccc(NC(=O)C(c2ccccc2)c2ccccc2)c(C)c1. The zero-order valence-electron chi connectivity index (χ0n) is 15.3. The summed E-state index contributed by atoms with van der Waals surface area (Å²) in [6.45, 7) is 1.85. The summed E-state index contributed by atoms with van der Waals surface area (Å²) in [4.78, 5) is 24.8. The van der Waals surface area contributed by atoms with E-state index < -0.39 is 11.9 Å². The van der Waals surface area contributed by atoms with E-state index in [0.29, 0.717) is 11.3 Å². The van der Waals surface area contributed by atoms with E-state index in [1.807, 2.05) is 67.6 Å². The van der Waals surface area contributed by atoms with Gasteiger partial charge in [-0.2, -0.15) is 0 Å². The van der Waals surface area contributed by atoms with Crippen molar-refractivity contribution in [2.24, 2.45) is 0 Å². The lowest BCUT2D eigenvalue weighted by molar-refractivity contribution is -0.116. The second-order valence-corrected chi connectivity index (χ2v) is 6.26. The smallest absolute Gasteiger partial charge is 0.337 e. The van der Waals surface area contributed by atoms with Crippen LogP contribution in [-0.2, 0) is 9.53 Å². The monoisotopic (exact) mass is 359 g/mol. The summed E-state index contributed by atoms with van der Waals surface area (Å²) in [6, 6.07) is 24.4. The number of ether oxygens (including phenoxy) is 1. The Balaban J connectivity index is 1.91. The van der Waals surface area contributed by atoms with Crippen molar-refractivity contribution in [1.82, 2.24) is 0 Å². The van der Waals surface area contributed by atoms with E-state index in [1.165, 1.54) is 7.11 Å². The number of benzene rings is 3. The number of aryl methyl sites for hydroxylation is 1. The second-order valence-electron chi connectivity index (χ2n) is 6.26. The van der Waals surface area contributed by atoms with Gasteiger partial charge in [-0.25, -0.2) is 4.79 Å². The van der Waals surface area contributed by atoms with Gasteiger partial charge in [0, 0.05) is 5.69 Å². The van der Waals surface area contributed by atoms with Crippen molar-refractivity contribution in [3.05, 3.63) is 101 Å². The van der Waals surface area contributed by atoms with Gasteiger partial charge in [0.1, 0.15) is 0 Å². The minimum atomic E-state index is -0.424. The molecule has 1 N–H and O–H groups in total. The molecule has 1 amide bonds. The van der Waals surface area contributed by atoms with E-state index in [0.717, 1.165) is 16.7 Å². The molecular weight excluding hydrogens is 338 g/mol. The number of esters is 1. The van der Waals surface area contributed by atoms with Crippen LogP contribution in [0, 0.1) is 6.92 Å². The highest BCUT2D eigenvalue weighted by Crippen LogP contribution is 2.27. The van der Waals surface area contributed by atoms with Crippen molar-refractivity contribution in [1.29, 1.82) is 0 Å². The Morgan fingerprint density at radius 1 is 0.852 bits per heavy atom. The number of hydrogen-bond acceptors (Lipinski definition) is 3. The predicted octanol–water partition coefficient (Wildman–Crippen LogP) is 4.55. The van der Waals surface area contributed by atoms with Crippen LogP contribution in [0.2, 0.25) is 0 Å². The van der Waals surface area contributed by atoms with Crippen molar-refractivity contribution >= 4 is 17.6 Å². The molecule has 27 heavy (non-hydrogen) atoms. The number of carbonyl (C=O) groups excluding carboxylic acids is 2. The van der Waals surface area contributed by atoms with Crippen LogP contribution in [0.3, 0.4) is 0 Å². The normalized spacial score (nSPS) is 10.5. The van der Waals surface area contributed by atoms with Crippen molar-refractivity contribution in [2.75, 3.05) is 12.4 Å². The minimum absolute atomic E-state index is 0.124. The lowest BCUT2D eigenvalue weighted by Gasteiger charge is -2.19. The number of carbonyl (C=O) groups is 2. The van der Waals surface area contributed by atoms with Gasteiger partial charge in [-0.3, -0.25) is 4.79 Å². The summed E-state index contributed by atoms with van der Waals surface area (Å²) >= 11 is 0. The van der Waals surface area contributed by atoms with Gasteiger partial charge in [-0.05, 0) is 41.8 Å². The Morgan fingerprint density at radius 3 is 1.89 bits per heavy atom. The maximum absolute atomic E-state index is 13.1. The first kappa shape index (κ1) is 18.4. The number of amides is 1. The largest absolute Gasteiger partial charge is 0.465 e. The Kier molecular flexibility index (Phi) is 5.67. The lowest BCUT2D eigenvalue weighted by atomic mass is 9.90. The molecule has 0 bridgehead atoms. The first-order chi connectivity index (χ1) is 13.1. The molecule has 0 aliphatic rings. The van der Waals surface area contributed by atoms with Gasteiger partial charge in [0.05, 0.1) is 18.6 Å². The zero-order chi connectivity index (χ0) is 19.2. The molecule has 0 saturated heterocycles. The highest BCUT2D eigenvalue weighted by molar-refractivity contribution is 5.99. The molecule has 0 radical (unpaired) electrons. The molecule has 0 saturated carbocycles. The van der Waals surface area contributed by atoms with E-state index in [4.69, 9.17) is 4.74 Å². The highest BCUT2D eigenvalue weighted by Gasteiger charge is 2.23. The minimum Gasteiger partial charge on any atom is -0.465 e. The third-order valence-corrected chi connectivity index (χ3v) is 4.43. The van der Waals surface area contributed by atoms with Crippen molar-refractivity contribution in [3.63, 3.8) is 0 Å². The van der Waals surface area contributed by atoms with Gasteiger partial charge >= 0.3 is 5.97 Å². The van der Waals surface area contributed by atoms with E-state index in [-0.39, 0.29) is 5.91 Å². The van der Waals surface area contributed by atoms with Crippen LogP contribution >= 0.6 is 0 Å². The molecule has 0 aliphatic heterocycles. The summed E-state index contributed by atoms with van der Waals surface area (Å²) in [6.07, 6.45) is 0. The van der Waals surface area contributed by atoms with E-state index in [1.54, 1.807) is 18.2 Å². The first-order valence-corrected chi connectivity index (χ1v) is 8.70. The summed E-state index contributed by atoms with van der Waals surface area (Å²) in [5, 5.41) is 3.00. The topological polar surface area (TPSA) is 55.4 Å². The second kappa shape index (κ2) is 8.32. The molecule has 0 spiro atoms. The number of hydrogen-bond donors (Lipinski definition) is 1. The quantitative estimate of drug-likeness (QED) is 0.680. The van der Waals surface area contributed by atoms with Crippen LogP contribution in [0.4, 0.5) is 5.69 Å². The summed E-state index contributed by atoms with van der Waals surface area (Å²) < 4.78 is 4.74. The van der Waals surface area contributed by atoms with Gasteiger partial charge in [0.2, 0.25) is 5.91 Å². The predicted molar refractivity (Wildman–Crippen MR) is 106 cm³/mol. The van der Waals surface area contributed by atoms with E-state index in [2.05, 4.69) is 5.32 Å². The molecular formula is C23H21NO3. The first-order valence-electron chi connectivity index (χ1n) is 8.70. The van der Waals surface area contributed by atoms with Crippen molar-refractivity contribution in [2.45, 2.75) is 12.8 Å². The molecule has 3 aromatic rings. The van der Waals surface area contributed by atoms with Crippen LogP contribution in [0.25, 0.3) is 0 Å². The average Bonchev–Trinajstić information content (AvgIpc) is 2.70. The Hall–Kier alpha value is -3.40. The fourth-order valence-corrected chi connectivity index (χ4v) is 3.04. The van der Waals surface area contributed by atoms with Gasteiger partial charge in [-0.15, -0.1) is 0 Å². The van der Waals surface area contributed by atoms with Crippen LogP contribution in [0.1, 0.15) is 33.0 Å². The average molecular weight is 359 g/mol. The molecule has 3 aromatic carbocycles. The molecule has 0 aromatic heterocycles. The molecule has 0 fully saturated rings. The van der Waals surface area contributed by atoms with Gasteiger partial charge in [0.25, 0.3) is 0 Å². The van der Waals surface area contributed by atoms with Crippen LogP contribution in [-0.4, -0.2) is 19.0 Å². The summed E-state index contributed by atoms with van der Waals surface area (Å²) in [7, 11) is 1.34.